The summed E-state index contributed by atoms with van der Waals surface area (Å²) in [5, 5.41) is 12.3. The highest BCUT2D eigenvalue weighted by Crippen LogP contribution is 2.48. The van der Waals surface area contributed by atoms with E-state index in [4.69, 9.17) is 9.15 Å². The van der Waals surface area contributed by atoms with Crippen LogP contribution in [0.3, 0.4) is 0 Å². The van der Waals surface area contributed by atoms with Gasteiger partial charge in [0.15, 0.2) is 0 Å². The molecule has 0 saturated heterocycles. The molecule has 0 unspecified atom stereocenters. The van der Waals surface area contributed by atoms with Crippen molar-refractivity contribution in [3.05, 3.63) is 106 Å². The molecule has 0 radical (unpaired) electrons. The van der Waals surface area contributed by atoms with Gasteiger partial charge in [-0.1, -0.05) is 49.0 Å². The van der Waals surface area contributed by atoms with E-state index in [-0.39, 0.29) is 17.1 Å². The zero-order valence-electron chi connectivity index (χ0n) is 17.7. The van der Waals surface area contributed by atoms with Crippen LogP contribution in [0.15, 0.2) is 82.2 Å². The third kappa shape index (κ3) is 2.37. The van der Waals surface area contributed by atoms with Crippen molar-refractivity contribution >= 4 is 39.6 Å². The van der Waals surface area contributed by atoms with Gasteiger partial charge in [-0.3, -0.25) is 4.79 Å². The second-order valence-electron chi connectivity index (χ2n) is 8.51. The lowest BCUT2D eigenvalue weighted by atomic mass is 9.93. The summed E-state index contributed by atoms with van der Waals surface area (Å²) in [6.45, 7) is 4.18. The Kier molecular flexibility index (Phi) is 3.55. The Bertz CT molecular complexity index is 1820. The third-order valence-corrected chi connectivity index (χ3v) is 6.60. The average molecular weight is 445 g/mol. The Hall–Kier alpha value is -4.71. The monoisotopic (exact) mass is 445 g/mol. The first-order valence-corrected chi connectivity index (χ1v) is 10.8. The molecule has 6 nitrogen and oxygen atoms in total. The van der Waals surface area contributed by atoms with E-state index < -0.39 is 11.9 Å². The fraction of sp³-hybridized carbons (Fsp3) is 0.0357. The Balaban J connectivity index is 1.50. The number of carbonyl (C=O) groups excluding carboxylic acids is 2. The van der Waals surface area contributed by atoms with Crippen LogP contribution < -0.4 is 15.3 Å². The molecule has 162 valence electrons. The predicted molar refractivity (Wildman–Crippen MR) is 124 cm³/mol. The van der Waals surface area contributed by atoms with Crippen molar-refractivity contribution in [2.75, 3.05) is 0 Å². The van der Waals surface area contributed by atoms with Crippen LogP contribution in [0.5, 0.6) is 11.7 Å². The van der Waals surface area contributed by atoms with Gasteiger partial charge in [0.05, 0.1) is 22.1 Å². The number of hydrogen-bond donors (Lipinski definition) is 1. The Morgan fingerprint density at radius 2 is 1.71 bits per heavy atom. The van der Waals surface area contributed by atoms with Gasteiger partial charge in [-0.15, -0.1) is 0 Å². The number of aromatic hydroxyl groups is 1. The lowest BCUT2D eigenvalue weighted by Crippen LogP contribution is -2.22. The molecule has 2 aliphatic heterocycles. The van der Waals surface area contributed by atoms with E-state index in [1.165, 1.54) is 0 Å². The Morgan fingerprint density at radius 1 is 0.912 bits per heavy atom. The van der Waals surface area contributed by atoms with Crippen molar-refractivity contribution in [2.24, 2.45) is 4.99 Å². The molecular weight excluding hydrogens is 430 g/mol. The van der Waals surface area contributed by atoms with E-state index >= 15 is 0 Å². The van der Waals surface area contributed by atoms with Gasteiger partial charge in [0, 0.05) is 21.7 Å². The quantitative estimate of drug-likeness (QED) is 0.276. The summed E-state index contributed by atoms with van der Waals surface area (Å²) in [7, 11) is 0. The fourth-order valence-electron chi connectivity index (χ4n) is 5.17. The van der Waals surface area contributed by atoms with Crippen molar-refractivity contribution in [1.29, 1.82) is 0 Å². The maximum atomic E-state index is 13.0. The Labute approximate surface area is 192 Å². The summed E-state index contributed by atoms with van der Waals surface area (Å²) in [5.74, 6) is -0.967. The van der Waals surface area contributed by atoms with Crippen LogP contribution in [0.25, 0.3) is 27.7 Å². The zero-order valence-corrected chi connectivity index (χ0v) is 17.7. The van der Waals surface area contributed by atoms with Crippen molar-refractivity contribution < 1.29 is 23.8 Å². The largest absolute Gasteiger partial charge is 0.480 e. The first-order valence-electron chi connectivity index (χ1n) is 10.8. The van der Waals surface area contributed by atoms with E-state index in [0.717, 1.165) is 22.3 Å². The van der Waals surface area contributed by atoms with E-state index in [1.54, 1.807) is 36.4 Å². The van der Waals surface area contributed by atoms with Gasteiger partial charge in [0.25, 0.3) is 11.9 Å². The van der Waals surface area contributed by atoms with Crippen LogP contribution in [-0.2, 0) is 16.0 Å². The fourth-order valence-corrected chi connectivity index (χ4v) is 5.17. The molecule has 34 heavy (non-hydrogen) atoms. The second kappa shape index (κ2) is 6.42. The number of carbonyl (C=O) groups is 2. The van der Waals surface area contributed by atoms with E-state index in [1.807, 2.05) is 24.3 Å². The molecule has 0 saturated carbocycles. The molecule has 3 heterocycles. The molecule has 3 aliphatic rings. The van der Waals surface area contributed by atoms with Crippen molar-refractivity contribution in [3.63, 3.8) is 0 Å². The summed E-state index contributed by atoms with van der Waals surface area (Å²) < 4.78 is 11.3. The summed E-state index contributed by atoms with van der Waals surface area (Å²) in [4.78, 5) is 29.8. The number of benzene rings is 3. The lowest BCUT2D eigenvalue weighted by Gasteiger charge is -2.06. The van der Waals surface area contributed by atoms with Gasteiger partial charge in [-0.2, -0.15) is 0 Å². The maximum absolute atomic E-state index is 13.0. The second-order valence-corrected chi connectivity index (χ2v) is 8.51. The minimum Gasteiger partial charge on any atom is -0.480 e. The van der Waals surface area contributed by atoms with Gasteiger partial charge in [0.2, 0.25) is 0 Å². The highest BCUT2D eigenvalue weighted by atomic mass is 16.5. The molecule has 1 N–H and O–H groups in total. The lowest BCUT2D eigenvalue weighted by molar-refractivity contribution is -0.127. The number of allylic oxidation sites excluding steroid dienone is 2. The number of rotatable bonds is 1. The number of nitrogens with zero attached hydrogens (tertiary/aromatic N) is 1. The molecule has 7 rings (SSSR count). The minimum absolute atomic E-state index is 0.240. The van der Waals surface area contributed by atoms with E-state index in [9.17, 15) is 14.7 Å². The van der Waals surface area contributed by atoms with Crippen molar-refractivity contribution in [3.8, 4) is 11.7 Å². The first kappa shape index (κ1) is 18.8. The number of para-hydroxylation sites is 1. The Morgan fingerprint density at radius 3 is 2.59 bits per heavy atom. The number of hydrogen-bond acceptors (Lipinski definition) is 5. The van der Waals surface area contributed by atoms with Gasteiger partial charge in [0.1, 0.15) is 11.3 Å². The molecule has 0 spiro atoms. The van der Waals surface area contributed by atoms with Crippen LogP contribution in [-0.4, -0.2) is 17.0 Å². The van der Waals surface area contributed by atoms with Crippen LogP contribution >= 0.6 is 0 Å². The highest BCUT2D eigenvalue weighted by Gasteiger charge is 2.36. The third-order valence-electron chi connectivity index (χ3n) is 6.60. The molecule has 1 amide bonds. The summed E-state index contributed by atoms with van der Waals surface area (Å²) in [5.41, 5.74) is 5.50. The zero-order chi connectivity index (χ0) is 23.1. The molecule has 1 aromatic heterocycles. The maximum Gasteiger partial charge on any atom is 0.344 e. The predicted octanol–water partition coefficient (Wildman–Crippen LogP) is 3.44. The standard InChI is InChI=1S/C28H15NO5/c1-13-10-14-6-2-3-7-15(14)22(13)24-17-11-21-18(12-20(17)33-27(24)31)25(28(32)34-21)23-16-8-4-5-9-19(16)29-26(23)30/h2-9,11-12,32H,1,10H2/b24-22+. The van der Waals surface area contributed by atoms with Gasteiger partial charge >= 0.3 is 5.97 Å². The number of esters is 1. The summed E-state index contributed by atoms with van der Waals surface area (Å²) in [6.07, 6.45) is 0.662. The number of furan rings is 1. The normalized spacial score (nSPS) is 18.2. The van der Waals surface area contributed by atoms with Crippen molar-refractivity contribution in [2.45, 2.75) is 6.42 Å². The van der Waals surface area contributed by atoms with Gasteiger partial charge < -0.3 is 14.3 Å². The molecule has 6 heteroatoms. The van der Waals surface area contributed by atoms with Gasteiger partial charge in [-0.05, 0) is 41.3 Å². The summed E-state index contributed by atoms with van der Waals surface area (Å²) in [6, 6.07) is 18.3. The van der Waals surface area contributed by atoms with Crippen LogP contribution in [0.1, 0.15) is 22.3 Å². The number of amides is 1. The first-order chi connectivity index (χ1) is 16.5. The average Bonchev–Trinajstić information content (AvgIpc) is 3.51. The highest BCUT2D eigenvalue weighted by molar-refractivity contribution is 6.32. The van der Waals surface area contributed by atoms with E-state index in [2.05, 4.69) is 11.6 Å². The number of fused-ring (bicyclic) bond motifs is 4. The molecular formula is C28H15NO5. The molecule has 1 aliphatic carbocycles. The minimum atomic E-state index is -0.466. The topological polar surface area (TPSA) is 89.1 Å². The molecule has 3 aromatic carbocycles. The summed E-state index contributed by atoms with van der Waals surface area (Å²) >= 11 is 0. The number of ether oxygens (including phenoxy) is 1. The van der Waals surface area contributed by atoms with Crippen LogP contribution in [0.2, 0.25) is 0 Å². The van der Waals surface area contributed by atoms with Crippen LogP contribution in [0.4, 0.5) is 0 Å². The van der Waals surface area contributed by atoms with Crippen molar-refractivity contribution in [1.82, 2.24) is 0 Å². The molecule has 0 fully saturated rings. The molecule has 0 bridgehead atoms. The molecule has 4 aromatic rings. The SMILES string of the molecule is C=C1Cc2ccccc2/C1=C1/C(=O)Oc2cc3c(C4=c5ccccc5=NC4=O)c(O)oc3cc21. The van der Waals surface area contributed by atoms with Crippen LogP contribution in [0, 0.1) is 0 Å². The van der Waals surface area contributed by atoms with Gasteiger partial charge in [-0.25, -0.2) is 9.79 Å². The molecule has 0 atom stereocenters. The smallest absolute Gasteiger partial charge is 0.344 e. The van der Waals surface area contributed by atoms with E-state index in [0.29, 0.717) is 44.9 Å².